The molecule has 0 saturated carbocycles. The SMILES string of the molecule is CC(C)Oc1ccccc1NC(=O)c1ccc(Br)o1. The maximum atomic E-state index is 12.0. The molecule has 0 aliphatic heterocycles. The summed E-state index contributed by atoms with van der Waals surface area (Å²) < 4.78 is 11.4. The fraction of sp³-hybridized carbons (Fsp3) is 0.214. The molecule has 0 bridgehead atoms. The Balaban J connectivity index is 2.16. The van der Waals surface area contributed by atoms with Gasteiger partial charge in [0.1, 0.15) is 5.75 Å². The van der Waals surface area contributed by atoms with Crippen molar-refractivity contribution in [3.05, 3.63) is 46.8 Å². The Hall–Kier alpha value is -1.75. The third-order valence-corrected chi connectivity index (χ3v) is 2.72. The molecule has 0 aliphatic rings. The number of halogens is 1. The standard InChI is InChI=1S/C14H14BrNO3/c1-9(2)18-11-6-4-3-5-10(11)16-14(17)12-7-8-13(15)19-12/h3-9H,1-2H3,(H,16,17). The molecule has 1 N–H and O–H groups in total. The normalized spacial score (nSPS) is 10.5. The topological polar surface area (TPSA) is 51.5 Å². The van der Waals surface area contributed by atoms with Gasteiger partial charge >= 0.3 is 0 Å². The molecule has 1 amide bonds. The van der Waals surface area contributed by atoms with E-state index in [1.807, 2.05) is 32.0 Å². The van der Waals surface area contributed by atoms with Gasteiger partial charge in [0.15, 0.2) is 10.4 Å². The van der Waals surface area contributed by atoms with Gasteiger partial charge in [-0.3, -0.25) is 4.79 Å². The summed E-state index contributed by atoms with van der Waals surface area (Å²) in [6, 6.07) is 10.6. The molecule has 1 aromatic heterocycles. The fourth-order valence-corrected chi connectivity index (χ4v) is 1.85. The van der Waals surface area contributed by atoms with Gasteiger partial charge in [0.25, 0.3) is 5.91 Å². The van der Waals surface area contributed by atoms with E-state index in [1.165, 1.54) is 0 Å². The van der Waals surface area contributed by atoms with Crippen LogP contribution >= 0.6 is 15.9 Å². The Morgan fingerprint density at radius 1 is 1.26 bits per heavy atom. The van der Waals surface area contributed by atoms with Crippen molar-refractivity contribution in [2.75, 3.05) is 5.32 Å². The number of carbonyl (C=O) groups is 1. The van der Waals surface area contributed by atoms with E-state index < -0.39 is 0 Å². The molecule has 0 aliphatic carbocycles. The van der Waals surface area contributed by atoms with Crippen LogP contribution in [-0.4, -0.2) is 12.0 Å². The van der Waals surface area contributed by atoms with Crippen molar-refractivity contribution < 1.29 is 13.9 Å². The number of benzene rings is 1. The lowest BCUT2D eigenvalue weighted by molar-refractivity contribution is 0.0994. The first-order valence-electron chi connectivity index (χ1n) is 5.88. The maximum Gasteiger partial charge on any atom is 0.291 e. The van der Waals surface area contributed by atoms with Crippen LogP contribution in [0.2, 0.25) is 0 Å². The third-order valence-electron chi connectivity index (χ3n) is 2.29. The molecule has 19 heavy (non-hydrogen) atoms. The maximum absolute atomic E-state index is 12.0. The van der Waals surface area contributed by atoms with E-state index in [-0.39, 0.29) is 17.8 Å². The largest absolute Gasteiger partial charge is 0.489 e. The number of hydrogen-bond acceptors (Lipinski definition) is 3. The Morgan fingerprint density at radius 3 is 2.63 bits per heavy atom. The van der Waals surface area contributed by atoms with Crippen LogP contribution in [0, 0.1) is 0 Å². The predicted molar refractivity (Wildman–Crippen MR) is 76.6 cm³/mol. The minimum Gasteiger partial charge on any atom is -0.489 e. The highest BCUT2D eigenvalue weighted by Gasteiger charge is 2.13. The molecule has 1 heterocycles. The molecule has 0 saturated heterocycles. The zero-order valence-electron chi connectivity index (χ0n) is 10.6. The summed E-state index contributed by atoms with van der Waals surface area (Å²) in [5, 5.41) is 2.77. The molecule has 2 rings (SSSR count). The van der Waals surface area contributed by atoms with Crippen LogP contribution < -0.4 is 10.1 Å². The number of hydrogen-bond donors (Lipinski definition) is 1. The van der Waals surface area contributed by atoms with Crippen LogP contribution in [0.4, 0.5) is 5.69 Å². The van der Waals surface area contributed by atoms with Gasteiger partial charge in [-0.25, -0.2) is 0 Å². The highest BCUT2D eigenvalue weighted by Crippen LogP contribution is 2.25. The van der Waals surface area contributed by atoms with Crippen LogP contribution in [0.15, 0.2) is 45.5 Å². The minimum absolute atomic E-state index is 0.0378. The van der Waals surface area contributed by atoms with Gasteiger partial charge < -0.3 is 14.5 Å². The average molecular weight is 324 g/mol. The summed E-state index contributed by atoms with van der Waals surface area (Å²) in [5.41, 5.74) is 0.619. The van der Waals surface area contributed by atoms with Gasteiger partial charge in [0.2, 0.25) is 0 Å². The lowest BCUT2D eigenvalue weighted by Gasteiger charge is -2.14. The van der Waals surface area contributed by atoms with Crippen LogP contribution in [0.25, 0.3) is 0 Å². The van der Waals surface area contributed by atoms with Gasteiger partial charge in [0.05, 0.1) is 11.8 Å². The van der Waals surface area contributed by atoms with Gasteiger partial charge in [-0.05, 0) is 54.0 Å². The number of rotatable bonds is 4. The molecule has 1 aromatic carbocycles. The molecule has 5 heteroatoms. The Bertz CT molecular complexity index is 578. The Morgan fingerprint density at radius 2 is 2.00 bits per heavy atom. The average Bonchev–Trinajstić information content (AvgIpc) is 2.78. The second-order valence-electron chi connectivity index (χ2n) is 4.22. The molecule has 4 nitrogen and oxygen atoms in total. The highest BCUT2D eigenvalue weighted by molar-refractivity contribution is 9.10. The predicted octanol–water partition coefficient (Wildman–Crippen LogP) is 4.08. The van der Waals surface area contributed by atoms with E-state index in [1.54, 1.807) is 18.2 Å². The number of nitrogens with one attached hydrogen (secondary N) is 1. The van der Waals surface area contributed by atoms with Crippen molar-refractivity contribution in [3.8, 4) is 5.75 Å². The van der Waals surface area contributed by atoms with E-state index in [0.29, 0.717) is 16.1 Å². The zero-order chi connectivity index (χ0) is 13.8. The van der Waals surface area contributed by atoms with Gasteiger partial charge in [0, 0.05) is 0 Å². The van der Waals surface area contributed by atoms with Crippen LogP contribution in [0.3, 0.4) is 0 Å². The van der Waals surface area contributed by atoms with Crippen molar-refractivity contribution in [3.63, 3.8) is 0 Å². The van der Waals surface area contributed by atoms with Crippen molar-refractivity contribution in [2.24, 2.45) is 0 Å². The molecule has 100 valence electrons. The molecule has 2 aromatic rings. The Kier molecular flexibility index (Phi) is 4.27. The van der Waals surface area contributed by atoms with E-state index >= 15 is 0 Å². The lowest BCUT2D eigenvalue weighted by Crippen LogP contribution is -2.13. The van der Waals surface area contributed by atoms with Crippen molar-refractivity contribution in [1.82, 2.24) is 0 Å². The monoisotopic (exact) mass is 323 g/mol. The molecule has 0 unspecified atom stereocenters. The first kappa shape index (κ1) is 13.7. The van der Waals surface area contributed by atoms with Crippen molar-refractivity contribution in [2.45, 2.75) is 20.0 Å². The molecule has 0 radical (unpaired) electrons. The summed E-state index contributed by atoms with van der Waals surface area (Å²) in [5.74, 6) is 0.563. The number of furan rings is 1. The smallest absolute Gasteiger partial charge is 0.291 e. The summed E-state index contributed by atoms with van der Waals surface area (Å²) >= 11 is 3.16. The first-order valence-corrected chi connectivity index (χ1v) is 6.68. The number of ether oxygens (including phenoxy) is 1. The highest BCUT2D eigenvalue weighted by atomic mass is 79.9. The molecular weight excluding hydrogens is 310 g/mol. The summed E-state index contributed by atoms with van der Waals surface area (Å²) in [7, 11) is 0. The minimum atomic E-state index is -0.314. The second kappa shape index (κ2) is 5.93. The van der Waals surface area contributed by atoms with Crippen LogP contribution in [0.5, 0.6) is 5.75 Å². The Labute approximate surface area is 119 Å². The van der Waals surface area contributed by atoms with E-state index in [0.717, 1.165) is 0 Å². The van der Waals surface area contributed by atoms with Gasteiger partial charge in [-0.2, -0.15) is 0 Å². The van der Waals surface area contributed by atoms with Gasteiger partial charge in [-0.1, -0.05) is 12.1 Å². The van der Waals surface area contributed by atoms with Crippen molar-refractivity contribution >= 4 is 27.5 Å². The summed E-state index contributed by atoms with van der Waals surface area (Å²) in [6.07, 6.45) is 0.0378. The summed E-state index contributed by atoms with van der Waals surface area (Å²) in [6.45, 7) is 3.87. The number of carbonyl (C=O) groups excluding carboxylic acids is 1. The van der Waals surface area contributed by atoms with Crippen LogP contribution in [0.1, 0.15) is 24.4 Å². The first-order chi connectivity index (χ1) is 9.06. The molecular formula is C14H14BrNO3. The van der Waals surface area contributed by atoms with E-state index in [9.17, 15) is 4.79 Å². The number of para-hydroxylation sites is 2. The van der Waals surface area contributed by atoms with E-state index in [4.69, 9.17) is 9.15 Å². The third kappa shape index (κ3) is 3.61. The lowest BCUT2D eigenvalue weighted by atomic mass is 10.2. The molecule has 0 spiro atoms. The molecule has 0 atom stereocenters. The fourth-order valence-electron chi connectivity index (χ4n) is 1.55. The zero-order valence-corrected chi connectivity index (χ0v) is 12.2. The van der Waals surface area contributed by atoms with Crippen LogP contribution in [-0.2, 0) is 0 Å². The quantitative estimate of drug-likeness (QED) is 0.922. The van der Waals surface area contributed by atoms with Crippen molar-refractivity contribution in [1.29, 1.82) is 0 Å². The number of amides is 1. The van der Waals surface area contributed by atoms with Gasteiger partial charge in [-0.15, -0.1) is 0 Å². The molecule has 0 fully saturated rings. The number of anilines is 1. The summed E-state index contributed by atoms with van der Waals surface area (Å²) in [4.78, 5) is 12.0. The second-order valence-corrected chi connectivity index (χ2v) is 5.00. The van der Waals surface area contributed by atoms with E-state index in [2.05, 4.69) is 21.2 Å².